The van der Waals surface area contributed by atoms with Crippen molar-refractivity contribution in [1.82, 2.24) is 14.5 Å². The minimum absolute atomic E-state index is 0.0170. The van der Waals surface area contributed by atoms with Gasteiger partial charge in [0.15, 0.2) is 11.2 Å². The zero-order chi connectivity index (χ0) is 20.7. The molecule has 1 atom stereocenters. The third-order valence-electron chi connectivity index (χ3n) is 5.61. The molecular formula is C23H19N3O4. The van der Waals surface area contributed by atoms with E-state index in [4.69, 9.17) is 4.42 Å². The molecule has 2 aromatic carbocycles. The number of amides is 1. The summed E-state index contributed by atoms with van der Waals surface area (Å²) in [7, 11) is 0. The molecule has 3 heterocycles. The minimum atomic E-state index is -0.343. The number of hydrogen-bond donors (Lipinski definition) is 0. The van der Waals surface area contributed by atoms with E-state index >= 15 is 0 Å². The summed E-state index contributed by atoms with van der Waals surface area (Å²) in [4.78, 5) is 44.4. The maximum Gasteiger partial charge on any atom is 0.289 e. The molecule has 2 aromatic heterocycles. The van der Waals surface area contributed by atoms with Crippen molar-refractivity contribution in [3.8, 4) is 0 Å². The monoisotopic (exact) mass is 401 g/mol. The number of carbonyl (C=O) groups excluding carboxylic acids is 1. The summed E-state index contributed by atoms with van der Waals surface area (Å²) in [6, 6.07) is 15.2. The molecule has 150 valence electrons. The first-order valence-corrected chi connectivity index (χ1v) is 9.90. The van der Waals surface area contributed by atoms with Gasteiger partial charge in [0.1, 0.15) is 5.58 Å². The highest BCUT2D eigenvalue weighted by molar-refractivity contribution is 5.93. The SMILES string of the molecule is O=C(c1cc(=O)c2ccccc2o1)N1CCCC(n2cnc3ccccc3c2=O)C1. The van der Waals surface area contributed by atoms with E-state index < -0.39 is 0 Å². The summed E-state index contributed by atoms with van der Waals surface area (Å²) in [5, 5.41) is 1.00. The van der Waals surface area contributed by atoms with Crippen molar-refractivity contribution in [3.05, 3.63) is 87.3 Å². The fourth-order valence-electron chi connectivity index (χ4n) is 4.07. The maximum absolute atomic E-state index is 13.1. The number of piperidine rings is 1. The predicted octanol–water partition coefficient (Wildman–Crippen LogP) is 2.98. The van der Waals surface area contributed by atoms with Crippen molar-refractivity contribution in [2.75, 3.05) is 13.1 Å². The van der Waals surface area contributed by atoms with E-state index in [1.807, 2.05) is 12.1 Å². The van der Waals surface area contributed by atoms with Crippen LogP contribution in [0.15, 0.2) is 74.9 Å². The smallest absolute Gasteiger partial charge is 0.289 e. The van der Waals surface area contributed by atoms with Gasteiger partial charge in [-0.2, -0.15) is 0 Å². The molecule has 0 radical (unpaired) electrons. The Morgan fingerprint density at radius 1 is 1.03 bits per heavy atom. The van der Waals surface area contributed by atoms with Gasteiger partial charge in [-0.1, -0.05) is 24.3 Å². The first-order valence-electron chi connectivity index (χ1n) is 9.90. The average Bonchev–Trinajstić information content (AvgIpc) is 2.79. The first kappa shape index (κ1) is 18.3. The van der Waals surface area contributed by atoms with Crippen molar-refractivity contribution in [3.63, 3.8) is 0 Å². The molecule has 7 heteroatoms. The molecule has 1 aliphatic heterocycles. The van der Waals surface area contributed by atoms with Gasteiger partial charge in [0.2, 0.25) is 0 Å². The molecule has 0 saturated carbocycles. The lowest BCUT2D eigenvalue weighted by molar-refractivity contribution is 0.0646. The van der Waals surface area contributed by atoms with Crippen LogP contribution in [-0.4, -0.2) is 33.4 Å². The summed E-state index contributed by atoms with van der Waals surface area (Å²) in [5.74, 6) is -0.326. The molecule has 1 fully saturated rings. The van der Waals surface area contributed by atoms with Crippen LogP contribution in [0, 0.1) is 0 Å². The van der Waals surface area contributed by atoms with E-state index in [0.29, 0.717) is 35.0 Å². The number of aromatic nitrogens is 2. The lowest BCUT2D eigenvalue weighted by Crippen LogP contribution is -2.43. The van der Waals surface area contributed by atoms with Gasteiger partial charge >= 0.3 is 0 Å². The molecule has 0 spiro atoms. The van der Waals surface area contributed by atoms with Crippen LogP contribution in [0.3, 0.4) is 0 Å². The number of fused-ring (bicyclic) bond motifs is 2. The fourth-order valence-corrected chi connectivity index (χ4v) is 4.07. The third-order valence-corrected chi connectivity index (χ3v) is 5.61. The summed E-state index contributed by atoms with van der Waals surface area (Å²) < 4.78 is 7.32. The number of hydrogen-bond acceptors (Lipinski definition) is 5. The molecular weight excluding hydrogens is 382 g/mol. The number of rotatable bonds is 2. The highest BCUT2D eigenvalue weighted by atomic mass is 16.3. The number of nitrogens with zero attached hydrogens (tertiary/aromatic N) is 3. The van der Waals surface area contributed by atoms with Gasteiger partial charge in [-0.15, -0.1) is 0 Å². The van der Waals surface area contributed by atoms with Crippen molar-refractivity contribution < 1.29 is 9.21 Å². The Hall–Kier alpha value is -3.74. The third kappa shape index (κ3) is 3.08. The van der Waals surface area contributed by atoms with Gasteiger partial charge in [0, 0.05) is 19.2 Å². The van der Waals surface area contributed by atoms with E-state index in [0.717, 1.165) is 12.8 Å². The maximum atomic E-state index is 13.1. The summed E-state index contributed by atoms with van der Waals surface area (Å²) >= 11 is 0. The molecule has 0 bridgehead atoms. The summed E-state index contributed by atoms with van der Waals surface area (Å²) in [5.41, 5.74) is 0.679. The number of carbonyl (C=O) groups is 1. The van der Waals surface area contributed by atoms with Crippen molar-refractivity contribution in [1.29, 1.82) is 0 Å². The zero-order valence-electron chi connectivity index (χ0n) is 16.2. The molecule has 0 aliphatic carbocycles. The Kier molecular flexibility index (Phi) is 4.43. The predicted molar refractivity (Wildman–Crippen MR) is 113 cm³/mol. The minimum Gasteiger partial charge on any atom is -0.451 e. The normalized spacial score (nSPS) is 16.8. The first-order chi connectivity index (χ1) is 14.6. The van der Waals surface area contributed by atoms with Crippen molar-refractivity contribution in [2.24, 2.45) is 0 Å². The highest BCUT2D eigenvalue weighted by Crippen LogP contribution is 2.23. The zero-order valence-corrected chi connectivity index (χ0v) is 16.2. The van der Waals surface area contributed by atoms with Gasteiger partial charge in [0.05, 0.1) is 28.7 Å². The van der Waals surface area contributed by atoms with Gasteiger partial charge in [0.25, 0.3) is 11.5 Å². The molecule has 7 nitrogen and oxygen atoms in total. The lowest BCUT2D eigenvalue weighted by Gasteiger charge is -2.33. The van der Waals surface area contributed by atoms with Crippen LogP contribution in [0.1, 0.15) is 29.4 Å². The Labute approximate surface area is 171 Å². The molecule has 1 saturated heterocycles. The van der Waals surface area contributed by atoms with E-state index in [1.54, 1.807) is 52.2 Å². The van der Waals surface area contributed by atoms with Crippen molar-refractivity contribution in [2.45, 2.75) is 18.9 Å². The molecule has 1 unspecified atom stereocenters. The van der Waals surface area contributed by atoms with Crippen LogP contribution in [0.4, 0.5) is 0 Å². The van der Waals surface area contributed by atoms with E-state index in [9.17, 15) is 14.4 Å². The topological polar surface area (TPSA) is 85.4 Å². The van der Waals surface area contributed by atoms with Gasteiger partial charge in [-0.25, -0.2) is 4.98 Å². The second kappa shape index (κ2) is 7.26. The molecule has 30 heavy (non-hydrogen) atoms. The van der Waals surface area contributed by atoms with E-state index in [2.05, 4.69) is 4.98 Å². The highest BCUT2D eigenvalue weighted by Gasteiger charge is 2.28. The molecule has 1 aliphatic rings. The van der Waals surface area contributed by atoms with Gasteiger partial charge in [-0.3, -0.25) is 19.0 Å². The van der Waals surface area contributed by atoms with Crippen LogP contribution in [0.25, 0.3) is 21.9 Å². The van der Waals surface area contributed by atoms with Gasteiger partial charge < -0.3 is 9.32 Å². The van der Waals surface area contributed by atoms with E-state index in [1.165, 1.54) is 6.07 Å². The number of likely N-dealkylation sites (tertiary alicyclic amines) is 1. The Balaban J connectivity index is 1.46. The summed E-state index contributed by atoms with van der Waals surface area (Å²) in [6.45, 7) is 0.900. The Bertz CT molecular complexity index is 1390. The molecule has 1 amide bonds. The van der Waals surface area contributed by atoms with Crippen LogP contribution in [0.2, 0.25) is 0 Å². The summed E-state index contributed by atoms with van der Waals surface area (Å²) in [6.07, 6.45) is 3.07. The number of para-hydroxylation sites is 2. The number of benzene rings is 2. The second-order valence-corrected chi connectivity index (χ2v) is 7.49. The van der Waals surface area contributed by atoms with Crippen LogP contribution < -0.4 is 11.0 Å². The molecule has 0 N–H and O–H groups in total. The van der Waals surface area contributed by atoms with Crippen LogP contribution in [0.5, 0.6) is 0 Å². The fraction of sp³-hybridized carbons (Fsp3) is 0.217. The lowest BCUT2D eigenvalue weighted by atomic mass is 10.0. The average molecular weight is 401 g/mol. The molecule has 4 aromatic rings. The Morgan fingerprint density at radius 2 is 1.80 bits per heavy atom. The standard InChI is InChI=1S/C23H19N3O4/c27-19-12-21(30-20-10-4-2-8-17(19)20)23(29)25-11-5-6-15(13-25)26-14-24-18-9-3-1-7-16(18)22(26)28/h1-4,7-10,12,14-15H,5-6,11,13H2. The second-order valence-electron chi connectivity index (χ2n) is 7.49. The largest absolute Gasteiger partial charge is 0.451 e. The van der Waals surface area contributed by atoms with Crippen LogP contribution >= 0.6 is 0 Å². The molecule has 5 rings (SSSR count). The Morgan fingerprint density at radius 3 is 2.67 bits per heavy atom. The van der Waals surface area contributed by atoms with Crippen LogP contribution in [-0.2, 0) is 0 Å². The quantitative estimate of drug-likeness (QED) is 0.516. The van der Waals surface area contributed by atoms with Crippen molar-refractivity contribution >= 4 is 27.8 Å². The van der Waals surface area contributed by atoms with Gasteiger partial charge in [-0.05, 0) is 37.1 Å². The van der Waals surface area contributed by atoms with E-state index in [-0.39, 0.29) is 28.7 Å².